The minimum absolute atomic E-state index is 0.220. The van der Waals surface area contributed by atoms with Crippen LogP contribution in [-0.4, -0.2) is 50.6 Å². The Bertz CT molecular complexity index is 1010. The highest BCUT2D eigenvalue weighted by atomic mass is 19.1. The number of hydrogen-bond acceptors (Lipinski definition) is 4. The minimum atomic E-state index is -0.364. The summed E-state index contributed by atoms with van der Waals surface area (Å²) in [4.78, 5) is 19.6. The molecule has 2 aromatic heterocycles. The van der Waals surface area contributed by atoms with E-state index in [0.29, 0.717) is 11.3 Å². The molecule has 1 fully saturated rings. The Balaban J connectivity index is 1.55. The zero-order valence-corrected chi connectivity index (χ0v) is 16.9. The number of carbonyl (C=O) groups is 1. The maximum absolute atomic E-state index is 13.3. The number of halogens is 1. The molecule has 1 aromatic carbocycles. The van der Waals surface area contributed by atoms with Gasteiger partial charge in [0, 0.05) is 29.9 Å². The number of fused-ring (bicyclic) bond motifs is 1. The molecule has 3 aromatic rings. The van der Waals surface area contributed by atoms with Crippen molar-refractivity contribution in [2.24, 2.45) is 0 Å². The Morgan fingerprint density at radius 3 is 2.59 bits per heavy atom. The van der Waals surface area contributed by atoms with Gasteiger partial charge < -0.3 is 10.2 Å². The lowest BCUT2D eigenvalue weighted by Crippen LogP contribution is -2.52. The van der Waals surface area contributed by atoms with E-state index in [1.165, 1.54) is 31.4 Å². The SMILES string of the molecule is CC(C)(CN1CCCCC1)NC(=O)c1cc2nccc(-c3ccc(F)cc3)n2n1. The van der Waals surface area contributed by atoms with E-state index >= 15 is 0 Å². The maximum Gasteiger partial charge on any atom is 0.272 e. The zero-order chi connectivity index (χ0) is 20.4. The highest BCUT2D eigenvalue weighted by Crippen LogP contribution is 2.21. The molecule has 1 aliphatic heterocycles. The Hall–Kier alpha value is -2.80. The predicted molar refractivity (Wildman–Crippen MR) is 110 cm³/mol. The highest BCUT2D eigenvalue weighted by molar-refractivity contribution is 5.94. The van der Waals surface area contributed by atoms with Crippen LogP contribution in [0.25, 0.3) is 16.9 Å². The van der Waals surface area contributed by atoms with E-state index < -0.39 is 0 Å². The summed E-state index contributed by atoms with van der Waals surface area (Å²) in [5, 5.41) is 7.59. The van der Waals surface area contributed by atoms with Crippen molar-refractivity contribution in [3.05, 3.63) is 54.1 Å². The van der Waals surface area contributed by atoms with Crippen LogP contribution in [-0.2, 0) is 0 Å². The van der Waals surface area contributed by atoms with Gasteiger partial charge in [-0.1, -0.05) is 6.42 Å². The molecule has 1 N–H and O–H groups in total. The van der Waals surface area contributed by atoms with Crippen LogP contribution in [0.5, 0.6) is 0 Å². The van der Waals surface area contributed by atoms with Crippen LogP contribution in [0.1, 0.15) is 43.6 Å². The fraction of sp³-hybridized carbons (Fsp3) is 0.409. The van der Waals surface area contributed by atoms with Gasteiger partial charge in [-0.25, -0.2) is 13.9 Å². The molecule has 6 nitrogen and oxygen atoms in total. The molecule has 4 rings (SSSR count). The van der Waals surface area contributed by atoms with Crippen molar-refractivity contribution in [2.75, 3.05) is 19.6 Å². The molecule has 0 radical (unpaired) electrons. The van der Waals surface area contributed by atoms with E-state index in [-0.39, 0.29) is 17.3 Å². The fourth-order valence-corrected chi connectivity index (χ4v) is 3.93. The third-order valence-electron chi connectivity index (χ3n) is 5.25. The molecule has 7 heteroatoms. The van der Waals surface area contributed by atoms with Gasteiger partial charge in [-0.2, -0.15) is 5.10 Å². The van der Waals surface area contributed by atoms with Crippen LogP contribution in [0.3, 0.4) is 0 Å². The average Bonchev–Trinajstić information content (AvgIpc) is 3.13. The lowest BCUT2D eigenvalue weighted by atomic mass is 10.0. The number of amides is 1. The van der Waals surface area contributed by atoms with Crippen LogP contribution in [0.2, 0.25) is 0 Å². The lowest BCUT2D eigenvalue weighted by Gasteiger charge is -2.35. The van der Waals surface area contributed by atoms with Gasteiger partial charge in [-0.05, 0) is 70.1 Å². The van der Waals surface area contributed by atoms with Gasteiger partial charge >= 0.3 is 0 Å². The molecule has 0 aliphatic carbocycles. The van der Waals surface area contributed by atoms with Crippen molar-refractivity contribution >= 4 is 11.6 Å². The van der Waals surface area contributed by atoms with Gasteiger partial charge in [0.15, 0.2) is 11.3 Å². The van der Waals surface area contributed by atoms with Crippen molar-refractivity contribution < 1.29 is 9.18 Å². The molecular formula is C22H26FN5O. The van der Waals surface area contributed by atoms with Crippen LogP contribution in [0.4, 0.5) is 4.39 Å². The Kier molecular flexibility index (Phi) is 5.32. The third kappa shape index (κ3) is 4.45. The summed E-state index contributed by atoms with van der Waals surface area (Å²) in [6.07, 6.45) is 5.38. The predicted octanol–water partition coefficient (Wildman–Crippen LogP) is 3.53. The number of carbonyl (C=O) groups excluding carboxylic acids is 1. The van der Waals surface area contributed by atoms with E-state index in [0.717, 1.165) is 30.9 Å². The largest absolute Gasteiger partial charge is 0.344 e. The molecule has 29 heavy (non-hydrogen) atoms. The molecule has 1 amide bonds. The Morgan fingerprint density at radius 1 is 1.14 bits per heavy atom. The molecule has 1 aliphatic rings. The summed E-state index contributed by atoms with van der Waals surface area (Å²) in [6.45, 7) is 7.05. The number of likely N-dealkylation sites (tertiary alicyclic amines) is 1. The molecular weight excluding hydrogens is 369 g/mol. The summed E-state index contributed by atoms with van der Waals surface area (Å²) < 4.78 is 14.9. The average molecular weight is 395 g/mol. The number of aromatic nitrogens is 3. The first-order chi connectivity index (χ1) is 13.9. The summed E-state index contributed by atoms with van der Waals surface area (Å²) in [7, 11) is 0. The number of benzene rings is 1. The van der Waals surface area contributed by atoms with Crippen molar-refractivity contribution in [1.29, 1.82) is 0 Å². The molecule has 0 atom stereocenters. The molecule has 1 saturated heterocycles. The molecule has 0 bridgehead atoms. The van der Waals surface area contributed by atoms with Gasteiger partial charge in [0.1, 0.15) is 5.82 Å². The summed E-state index contributed by atoms with van der Waals surface area (Å²) >= 11 is 0. The van der Waals surface area contributed by atoms with E-state index in [1.807, 2.05) is 13.8 Å². The first-order valence-corrected chi connectivity index (χ1v) is 10.1. The molecule has 3 heterocycles. The van der Waals surface area contributed by atoms with E-state index in [2.05, 4.69) is 20.3 Å². The van der Waals surface area contributed by atoms with Gasteiger partial charge in [0.2, 0.25) is 0 Å². The van der Waals surface area contributed by atoms with Gasteiger partial charge in [0.25, 0.3) is 5.91 Å². The van der Waals surface area contributed by atoms with Crippen molar-refractivity contribution in [3.63, 3.8) is 0 Å². The number of nitrogens with one attached hydrogen (secondary N) is 1. The molecule has 152 valence electrons. The van der Waals surface area contributed by atoms with E-state index in [1.54, 1.807) is 35.0 Å². The van der Waals surface area contributed by atoms with Gasteiger partial charge in [-0.15, -0.1) is 0 Å². The normalized spacial score (nSPS) is 15.6. The molecule has 0 saturated carbocycles. The van der Waals surface area contributed by atoms with Crippen LogP contribution in [0.15, 0.2) is 42.6 Å². The van der Waals surface area contributed by atoms with Crippen molar-refractivity contribution in [2.45, 2.75) is 38.6 Å². The van der Waals surface area contributed by atoms with Crippen molar-refractivity contribution in [1.82, 2.24) is 24.8 Å². The second-order valence-electron chi connectivity index (χ2n) is 8.31. The first kappa shape index (κ1) is 19.5. The van der Waals surface area contributed by atoms with E-state index in [9.17, 15) is 9.18 Å². The number of nitrogens with zero attached hydrogens (tertiary/aromatic N) is 4. The Morgan fingerprint density at radius 2 is 1.86 bits per heavy atom. The first-order valence-electron chi connectivity index (χ1n) is 10.1. The highest BCUT2D eigenvalue weighted by Gasteiger charge is 2.26. The number of hydrogen-bond donors (Lipinski definition) is 1. The quantitative estimate of drug-likeness (QED) is 0.718. The van der Waals surface area contributed by atoms with Gasteiger partial charge in [0.05, 0.1) is 5.69 Å². The Labute approximate surface area is 169 Å². The monoisotopic (exact) mass is 395 g/mol. The second kappa shape index (κ2) is 7.91. The van der Waals surface area contributed by atoms with E-state index in [4.69, 9.17) is 0 Å². The third-order valence-corrected chi connectivity index (χ3v) is 5.25. The van der Waals surface area contributed by atoms with Gasteiger partial charge in [-0.3, -0.25) is 4.79 Å². The minimum Gasteiger partial charge on any atom is -0.344 e. The summed E-state index contributed by atoms with van der Waals surface area (Å²) in [5.74, 6) is -0.516. The second-order valence-corrected chi connectivity index (χ2v) is 8.31. The maximum atomic E-state index is 13.3. The number of piperidine rings is 1. The topological polar surface area (TPSA) is 62.5 Å². The lowest BCUT2D eigenvalue weighted by molar-refractivity contribution is 0.0872. The molecule has 0 spiro atoms. The molecule has 0 unspecified atom stereocenters. The van der Waals surface area contributed by atoms with Crippen LogP contribution >= 0.6 is 0 Å². The smallest absolute Gasteiger partial charge is 0.272 e. The fourth-order valence-electron chi connectivity index (χ4n) is 3.93. The van der Waals surface area contributed by atoms with Crippen LogP contribution < -0.4 is 5.32 Å². The summed E-state index contributed by atoms with van der Waals surface area (Å²) in [5.41, 5.74) is 2.09. The zero-order valence-electron chi connectivity index (χ0n) is 16.9. The standard InChI is InChI=1S/C22H26FN5O/c1-22(2,15-27-12-4-3-5-13-27)25-21(29)18-14-20-24-11-10-19(28(20)26-18)16-6-8-17(23)9-7-16/h6-11,14H,3-5,12-13,15H2,1-2H3,(H,25,29). The number of rotatable bonds is 5. The summed E-state index contributed by atoms with van der Waals surface area (Å²) in [6, 6.07) is 9.67. The van der Waals surface area contributed by atoms with Crippen molar-refractivity contribution in [3.8, 4) is 11.3 Å². The van der Waals surface area contributed by atoms with Crippen LogP contribution in [0, 0.1) is 5.82 Å².